The molecule has 32 heavy (non-hydrogen) atoms. The molecule has 2 aromatic carbocycles. The second-order valence-electron chi connectivity index (χ2n) is 7.11. The van der Waals surface area contributed by atoms with Gasteiger partial charge < -0.3 is 15.0 Å². The van der Waals surface area contributed by atoms with Crippen molar-refractivity contribution in [2.45, 2.75) is 30.7 Å². The van der Waals surface area contributed by atoms with Crippen molar-refractivity contribution in [2.24, 2.45) is 0 Å². The summed E-state index contributed by atoms with van der Waals surface area (Å²) >= 11 is 7.42. The van der Waals surface area contributed by atoms with E-state index in [9.17, 15) is 4.79 Å². The molecule has 10 heteroatoms. The molecule has 2 N–H and O–H groups in total. The Bertz CT molecular complexity index is 1210. The quantitative estimate of drug-likeness (QED) is 0.358. The lowest BCUT2D eigenvalue weighted by molar-refractivity contribution is -0.120. The number of benzene rings is 2. The molecular weight excluding hydrogens is 448 g/mol. The standard InChI is InChI=1S/C22H23ClN6O2S/c1-3-31-18-7-5-17(6-8-18)29-22(26-27-28-29)32-14(2)21(30)24-11-10-15-13-25-20-9-4-16(23)12-19(15)20/h4-9,12-14,25H,3,10-11H2,1-2H3,(H,24,30). The summed E-state index contributed by atoms with van der Waals surface area (Å²) in [6.45, 7) is 4.90. The van der Waals surface area contributed by atoms with Crippen LogP contribution in [0.2, 0.25) is 5.02 Å². The number of hydrogen-bond acceptors (Lipinski definition) is 6. The number of H-pyrrole nitrogens is 1. The van der Waals surface area contributed by atoms with E-state index in [1.165, 1.54) is 11.8 Å². The van der Waals surface area contributed by atoms with Crippen LogP contribution in [0.1, 0.15) is 19.4 Å². The van der Waals surface area contributed by atoms with Crippen molar-refractivity contribution in [3.8, 4) is 11.4 Å². The Morgan fingerprint density at radius 3 is 2.88 bits per heavy atom. The van der Waals surface area contributed by atoms with Gasteiger partial charge in [0.15, 0.2) is 0 Å². The zero-order valence-electron chi connectivity index (χ0n) is 17.7. The molecule has 0 aliphatic heterocycles. The monoisotopic (exact) mass is 470 g/mol. The van der Waals surface area contributed by atoms with Gasteiger partial charge in [-0.3, -0.25) is 4.79 Å². The molecule has 0 aliphatic rings. The van der Waals surface area contributed by atoms with Crippen molar-refractivity contribution >= 4 is 40.2 Å². The number of nitrogens with one attached hydrogen (secondary N) is 2. The lowest BCUT2D eigenvalue weighted by Crippen LogP contribution is -2.32. The van der Waals surface area contributed by atoms with Gasteiger partial charge in [0.25, 0.3) is 0 Å². The molecule has 1 amide bonds. The summed E-state index contributed by atoms with van der Waals surface area (Å²) in [7, 11) is 0. The highest BCUT2D eigenvalue weighted by molar-refractivity contribution is 8.00. The summed E-state index contributed by atoms with van der Waals surface area (Å²) < 4.78 is 7.08. The predicted octanol–water partition coefficient (Wildman–Crippen LogP) is 4.04. The van der Waals surface area contributed by atoms with Gasteiger partial charge in [0.05, 0.1) is 17.5 Å². The van der Waals surface area contributed by atoms with Crippen LogP contribution in [-0.2, 0) is 11.2 Å². The van der Waals surface area contributed by atoms with E-state index in [1.54, 1.807) is 4.68 Å². The van der Waals surface area contributed by atoms with Crippen LogP contribution in [0.4, 0.5) is 0 Å². The van der Waals surface area contributed by atoms with Crippen molar-refractivity contribution in [3.63, 3.8) is 0 Å². The number of amides is 1. The molecule has 1 atom stereocenters. The van der Waals surface area contributed by atoms with E-state index in [4.69, 9.17) is 16.3 Å². The van der Waals surface area contributed by atoms with E-state index in [-0.39, 0.29) is 11.2 Å². The summed E-state index contributed by atoms with van der Waals surface area (Å²) in [5.41, 5.74) is 2.94. The van der Waals surface area contributed by atoms with Gasteiger partial charge in [0.2, 0.25) is 11.1 Å². The van der Waals surface area contributed by atoms with E-state index in [0.717, 1.165) is 27.9 Å². The van der Waals surface area contributed by atoms with E-state index >= 15 is 0 Å². The summed E-state index contributed by atoms with van der Waals surface area (Å²) in [6.07, 6.45) is 2.66. The normalized spacial score (nSPS) is 12.1. The SMILES string of the molecule is CCOc1ccc(-n2nnnc2SC(C)C(=O)NCCc2c[nH]c3ccc(Cl)cc23)cc1. The van der Waals surface area contributed by atoms with Crippen LogP contribution in [0.15, 0.2) is 53.8 Å². The third-order valence-electron chi connectivity index (χ3n) is 4.91. The maximum absolute atomic E-state index is 12.6. The summed E-state index contributed by atoms with van der Waals surface area (Å²) in [4.78, 5) is 15.9. The zero-order chi connectivity index (χ0) is 22.5. The lowest BCUT2D eigenvalue weighted by Gasteiger charge is -2.12. The second-order valence-corrected chi connectivity index (χ2v) is 8.85. The first-order valence-electron chi connectivity index (χ1n) is 10.3. The number of ether oxygens (including phenoxy) is 1. The molecule has 1 unspecified atom stereocenters. The molecule has 0 saturated carbocycles. The van der Waals surface area contributed by atoms with Crippen LogP contribution < -0.4 is 10.1 Å². The zero-order valence-corrected chi connectivity index (χ0v) is 19.3. The highest BCUT2D eigenvalue weighted by Gasteiger charge is 2.19. The number of aromatic amines is 1. The minimum atomic E-state index is -0.361. The number of fused-ring (bicyclic) bond motifs is 1. The van der Waals surface area contributed by atoms with Crippen molar-refractivity contribution < 1.29 is 9.53 Å². The molecule has 8 nitrogen and oxygen atoms in total. The second kappa shape index (κ2) is 10.1. The third kappa shape index (κ3) is 5.05. The number of tetrazole rings is 1. The van der Waals surface area contributed by atoms with Gasteiger partial charge in [-0.2, -0.15) is 4.68 Å². The van der Waals surface area contributed by atoms with Crippen molar-refractivity contribution in [1.82, 2.24) is 30.5 Å². The Morgan fingerprint density at radius 1 is 1.28 bits per heavy atom. The Balaban J connectivity index is 1.34. The van der Waals surface area contributed by atoms with E-state index in [2.05, 4.69) is 25.8 Å². The number of hydrogen-bond donors (Lipinski definition) is 2. The molecule has 2 aromatic heterocycles. The summed E-state index contributed by atoms with van der Waals surface area (Å²) in [6, 6.07) is 13.2. The van der Waals surface area contributed by atoms with Crippen LogP contribution in [0.25, 0.3) is 16.6 Å². The van der Waals surface area contributed by atoms with E-state index in [1.807, 2.05) is 62.5 Å². The fourth-order valence-electron chi connectivity index (χ4n) is 3.30. The molecule has 166 valence electrons. The number of aromatic nitrogens is 5. The third-order valence-corrected chi connectivity index (χ3v) is 6.18. The fraction of sp³-hybridized carbons (Fsp3) is 0.273. The Hall–Kier alpha value is -3.04. The van der Waals surface area contributed by atoms with Crippen LogP contribution >= 0.6 is 23.4 Å². The molecule has 0 radical (unpaired) electrons. The number of carbonyl (C=O) groups is 1. The first kappa shape index (κ1) is 22.2. The predicted molar refractivity (Wildman–Crippen MR) is 126 cm³/mol. The molecule has 4 aromatic rings. The molecule has 0 spiro atoms. The molecule has 0 bridgehead atoms. The van der Waals surface area contributed by atoms with Crippen LogP contribution in [-0.4, -0.2) is 49.5 Å². The molecular formula is C22H23ClN6O2S. The summed E-state index contributed by atoms with van der Waals surface area (Å²) in [5.74, 6) is 0.706. The van der Waals surface area contributed by atoms with Gasteiger partial charge >= 0.3 is 0 Å². The average Bonchev–Trinajstić information content (AvgIpc) is 3.41. The molecule has 0 saturated heterocycles. The number of carbonyl (C=O) groups excluding carboxylic acids is 1. The average molecular weight is 471 g/mol. The van der Waals surface area contributed by atoms with Crippen LogP contribution in [0.5, 0.6) is 5.75 Å². The van der Waals surface area contributed by atoms with Gasteiger partial charge in [0.1, 0.15) is 5.75 Å². The van der Waals surface area contributed by atoms with Gasteiger partial charge in [0, 0.05) is 28.7 Å². The Morgan fingerprint density at radius 2 is 2.09 bits per heavy atom. The van der Waals surface area contributed by atoms with Crippen LogP contribution in [0, 0.1) is 0 Å². The Labute approximate surface area is 194 Å². The maximum Gasteiger partial charge on any atom is 0.233 e. The smallest absolute Gasteiger partial charge is 0.233 e. The highest BCUT2D eigenvalue weighted by Crippen LogP contribution is 2.25. The van der Waals surface area contributed by atoms with Gasteiger partial charge in [-0.15, -0.1) is 5.10 Å². The topological polar surface area (TPSA) is 97.7 Å². The Kier molecular flexibility index (Phi) is 6.96. The number of nitrogens with zero attached hydrogens (tertiary/aromatic N) is 4. The van der Waals surface area contributed by atoms with E-state index < -0.39 is 0 Å². The van der Waals surface area contributed by atoms with Crippen LogP contribution in [0.3, 0.4) is 0 Å². The highest BCUT2D eigenvalue weighted by atomic mass is 35.5. The van der Waals surface area contributed by atoms with E-state index in [0.29, 0.717) is 29.8 Å². The first-order valence-corrected chi connectivity index (χ1v) is 11.5. The number of halogens is 1. The minimum Gasteiger partial charge on any atom is -0.494 e. The first-order chi connectivity index (χ1) is 15.5. The molecule has 0 fully saturated rings. The van der Waals surface area contributed by atoms with Crippen molar-refractivity contribution in [2.75, 3.05) is 13.2 Å². The fourth-order valence-corrected chi connectivity index (χ4v) is 4.30. The molecule has 0 aliphatic carbocycles. The van der Waals surface area contributed by atoms with Gasteiger partial charge in [-0.25, -0.2) is 0 Å². The van der Waals surface area contributed by atoms with Gasteiger partial charge in [-0.1, -0.05) is 23.4 Å². The summed E-state index contributed by atoms with van der Waals surface area (Å²) in [5, 5.41) is 16.8. The number of rotatable bonds is 9. The largest absolute Gasteiger partial charge is 0.494 e. The molecule has 2 heterocycles. The minimum absolute atomic E-state index is 0.0749. The van der Waals surface area contributed by atoms with Crippen molar-refractivity contribution in [3.05, 3.63) is 59.2 Å². The molecule has 4 rings (SSSR count). The van der Waals surface area contributed by atoms with Gasteiger partial charge in [-0.05, 0) is 78.7 Å². The van der Waals surface area contributed by atoms with Crippen molar-refractivity contribution in [1.29, 1.82) is 0 Å². The number of thioether (sulfide) groups is 1. The lowest BCUT2D eigenvalue weighted by atomic mass is 10.1. The maximum atomic E-state index is 12.6.